The van der Waals surface area contributed by atoms with Crippen molar-refractivity contribution in [1.82, 2.24) is 10.2 Å². The Bertz CT molecular complexity index is 541. The minimum absolute atomic E-state index is 0.143. The molecule has 0 aromatic rings. The van der Waals surface area contributed by atoms with Crippen molar-refractivity contribution in [2.45, 2.75) is 43.9 Å². The summed E-state index contributed by atoms with van der Waals surface area (Å²) < 4.78 is 28.4. The third-order valence-electron chi connectivity index (χ3n) is 4.30. The molecule has 0 saturated carbocycles. The summed E-state index contributed by atoms with van der Waals surface area (Å²) in [5, 5.41) is 2.72. The second-order valence-electron chi connectivity index (χ2n) is 5.96. The molecule has 3 N–H and O–H groups in total. The first-order valence-electron chi connectivity index (χ1n) is 8.12. The fourth-order valence-electron chi connectivity index (χ4n) is 2.94. The van der Waals surface area contributed by atoms with E-state index in [0.29, 0.717) is 32.5 Å². The zero-order valence-electron chi connectivity index (χ0n) is 13.5. The smallest absolute Gasteiger partial charge is 0.409 e. The third-order valence-corrected chi connectivity index (χ3v) is 6.56. The van der Waals surface area contributed by atoms with E-state index in [4.69, 9.17) is 10.5 Å². The number of hydrogen-bond donors (Lipinski definition) is 2. The van der Waals surface area contributed by atoms with E-state index in [2.05, 4.69) is 10.3 Å². The van der Waals surface area contributed by atoms with Gasteiger partial charge in [0.05, 0.1) is 24.2 Å². The summed E-state index contributed by atoms with van der Waals surface area (Å²) in [5.41, 5.74) is 5.85. The number of likely N-dealkylation sites (tertiary alicyclic amines) is 1. The topological polar surface area (TPSA) is 114 Å². The van der Waals surface area contributed by atoms with Gasteiger partial charge in [-0.15, -0.1) is 0 Å². The van der Waals surface area contributed by atoms with Crippen LogP contribution in [0.15, 0.2) is 4.99 Å². The molecule has 9 heteroatoms. The summed E-state index contributed by atoms with van der Waals surface area (Å²) in [4.78, 5) is 17.5. The molecule has 2 rings (SSSR count). The number of nitrogens with two attached hydrogens (primary N) is 1. The number of carbonyl (C=O) groups is 1. The first kappa shape index (κ1) is 17.8. The fraction of sp³-hybridized carbons (Fsp3) is 0.857. The number of carbonyl (C=O) groups excluding carboxylic acids is 1. The van der Waals surface area contributed by atoms with Crippen LogP contribution in [-0.4, -0.2) is 68.7 Å². The molecule has 2 fully saturated rings. The summed E-state index contributed by atoms with van der Waals surface area (Å²) in [7, 11) is -2.99. The summed E-state index contributed by atoms with van der Waals surface area (Å²) >= 11 is 0. The number of amides is 1. The Morgan fingerprint density at radius 1 is 1.35 bits per heavy atom. The number of piperidine rings is 1. The van der Waals surface area contributed by atoms with E-state index >= 15 is 0 Å². The zero-order valence-corrected chi connectivity index (χ0v) is 14.3. The van der Waals surface area contributed by atoms with Crippen LogP contribution >= 0.6 is 0 Å². The van der Waals surface area contributed by atoms with Gasteiger partial charge in [-0.3, -0.25) is 4.99 Å². The standard InChI is InChI=1S/C14H26N4O4S/c1-2-22-14(19)18-7-5-11(6-8-18)17-13(15)16-10-12-4-3-9-23(12,20)21/h11-12H,2-10H2,1H3,(H3,15,16,17). The number of aliphatic imine (C=N–C) groups is 1. The predicted molar refractivity (Wildman–Crippen MR) is 88.1 cm³/mol. The summed E-state index contributed by atoms with van der Waals surface area (Å²) in [6.07, 6.45) is 2.62. The van der Waals surface area contributed by atoms with Gasteiger partial charge in [-0.1, -0.05) is 0 Å². The van der Waals surface area contributed by atoms with Gasteiger partial charge in [-0.05, 0) is 32.6 Å². The van der Waals surface area contributed by atoms with Crippen LogP contribution in [0.25, 0.3) is 0 Å². The molecular formula is C14H26N4O4S. The Hall–Kier alpha value is -1.51. The van der Waals surface area contributed by atoms with Crippen LogP contribution in [-0.2, 0) is 14.6 Å². The van der Waals surface area contributed by atoms with Crippen molar-refractivity contribution in [3.05, 3.63) is 0 Å². The Morgan fingerprint density at radius 2 is 2.04 bits per heavy atom. The Balaban J connectivity index is 1.75. The highest BCUT2D eigenvalue weighted by Crippen LogP contribution is 2.20. The molecule has 23 heavy (non-hydrogen) atoms. The Kier molecular flexibility index (Phi) is 6.09. The SMILES string of the molecule is CCOC(=O)N1CCC(NC(N)=NCC2CCCS2(=O)=O)CC1. The van der Waals surface area contributed by atoms with Crippen LogP contribution in [0.1, 0.15) is 32.6 Å². The van der Waals surface area contributed by atoms with Crippen molar-refractivity contribution < 1.29 is 17.9 Å². The maximum atomic E-state index is 11.7. The van der Waals surface area contributed by atoms with E-state index in [9.17, 15) is 13.2 Å². The highest BCUT2D eigenvalue weighted by Gasteiger charge is 2.31. The van der Waals surface area contributed by atoms with Crippen molar-refractivity contribution in [2.24, 2.45) is 10.7 Å². The highest BCUT2D eigenvalue weighted by molar-refractivity contribution is 7.92. The van der Waals surface area contributed by atoms with Crippen LogP contribution in [0.4, 0.5) is 4.79 Å². The maximum Gasteiger partial charge on any atom is 0.409 e. The van der Waals surface area contributed by atoms with Gasteiger partial charge in [-0.25, -0.2) is 13.2 Å². The van der Waals surface area contributed by atoms with Gasteiger partial charge in [0.1, 0.15) is 0 Å². The van der Waals surface area contributed by atoms with Crippen molar-refractivity contribution in [3.8, 4) is 0 Å². The molecule has 0 aromatic heterocycles. The lowest BCUT2D eigenvalue weighted by Crippen LogP contribution is -2.48. The second kappa shape index (κ2) is 7.85. The van der Waals surface area contributed by atoms with Crippen molar-refractivity contribution >= 4 is 21.9 Å². The summed E-state index contributed by atoms with van der Waals surface area (Å²) in [6.45, 7) is 3.61. The molecule has 1 unspecified atom stereocenters. The second-order valence-corrected chi connectivity index (χ2v) is 8.36. The minimum atomic E-state index is -2.99. The van der Waals surface area contributed by atoms with E-state index in [1.54, 1.807) is 11.8 Å². The van der Waals surface area contributed by atoms with Crippen molar-refractivity contribution in [1.29, 1.82) is 0 Å². The molecule has 1 atom stereocenters. The molecule has 2 aliphatic heterocycles. The van der Waals surface area contributed by atoms with Crippen molar-refractivity contribution in [3.63, 3.8) is 0 Å². The molecular weight excluding hydrogens is 320 g/mol. The lowest BCUT2D eigenvalue weighted by Gasteiger charge is -2.31. The predicted octanol–water partition coefficient (Wildman–Crippen LogP) is 0.0888. The first-order valence-corrected chi connectivity index (χ1v) is 9.83. The maximum absolute atomic E-state index is 11.7. The van der Waals surface area contributed by atoms with E-state index in [1.165, 1.54) is 0 Å². The summed E-state index contributed by atoms with van der Waals surface area (Å²) in [5.74, 6) is 0.536. The summed E-state index contributed by atoms with van der Waals surface area (Å²) in [6, 6.07) is 0.143. The van der Waals surface area contributed by atoms with E-state index in [0.717, 1.165) is 12.8 Å². The number of rotatable bonds is 4. The number of nitrogens with zero attached hydrogens (tertiary/aromatic N) is 2. The molecule has 0 spiro atoms. The lowest BCUT2D eigenvalue weighted by atomic mass is 10.1. The number of guanidine groups is 1. The normalized spacial score (nSPS) is 25.3. The molecule has 2 saturated heterocycles. The number of hydrogen-bond acceptors (Lipinski definition) is 5. The Labute approximate surface area is 137 Å². The average molecular weight is 346 g/mol. The molecule has 0 aliphatic carbocycles. The van der Waals surface area contributed by atoms with Crippen molar-refractivity contribution in [2.75, 3.05) is 32.0 Å². The average Bonchev–Trinajstić information content (AvgIpc) is 2.85. The highest BCUT2D eigenvalue weighted by atomic mass is 32.2. The molecule has 0 radical (unpaired) electrons. The molecule has 132 valence electrons. The zero-order chi connectivity index (χ0) is 16.9. The third kappa shape index (κ3) is 4.98. The number of ether oxygens (including phenoxy) is 1. The molecule has 0 aromatic carbocycles. The monoisotopic (exact) mass is 346 g/mol. The minimum Gasteiger partial charge on any atom is -0.450 e. The quantitative estimate of drug-likeness (QED) is 0.551. The van der Waals surface area contributed by atoms with Crippen LogP contribution in [0.3, 0.4) is 0 Å². The van der Waals surface area contributed by atoms with Crippen LogP contribution < -0.4 is 11.1 Å². The molecule has 1 amide bonds. The fourth-order valence-corrected chi connectivity index (χ4v) is 4.67. The largest absolute Gasteiger partial charge is 0.450 e. The molecule has 0 bridgehead atoms. The van der Waals surface area contributed by atoms with Gasteiger partial charge in [-0.2, -0.15) is 0 Å². The number of nitrogens with one attached hydrogen (secondary N) is 1. The van der Waals surface area contributed by atoms with Gasteiger partial charge >= 0.3 is 6.09 Å². The van der Waals surface area contributed by atoms with Gasteiger partial charge in [0.25, 0.3) is 0 Å². The molecule has 8 nitrogen and oxygen atoms in total. The van der Waals surface area contributed by atoms with Gasteiger partial charge in [0.2, 0.25) is 0 Å². The van der Waals surface area contributed by atoms with E-state index < -0.39 is 15.1 Å². The van der Waals surface area contributed by atoms with Gasteiger partial charge < -0.3 is 20.7 Å². The molecule has 2 heterocycles. The molecule has 2 aliphatic rings. The van der Waals surface area contributed by atoms with E-state index in [1.807, 2.05) is 0 Å². The first-order chi connectivity index (χ1) is 10.9. The van der Waals surface area contributed by atoms with Gasteiger partial charge in [0.15, 0.2) is 15.8 Å². The lowest BCUT2D eigenvalue weighted by molar-refractivity contribution is 0.0963. The van der Waals surface area contributed by atoms with Gasteiger partial charge in [0, 0.05) is 19.1 Å². The van der Waals surface area contributed by atoms with Crippen LogP contribution in [0.2, 0.25) is 0 Å². The van der Waals surface area contributed by atoms with E-state index in [-0.39, 0.29) is 30.4 Å². The number of sulfone groups is 1. The van der Waals surface area contributed by atoms with Crippen LogP contribution in [0, 0.1) is 0 Å². The van der Waals surface area contributed by atoms with Crippen LogP contribution in [0.5, 0.6) is 0 Å². The Morgan fingerprint density at radius 3 is 2.61 bits per heavy atom.